The van der Waals surface area contributed by atoms with Gasteiger partial charge in [-0.3, -0.25) is 0 Å². The van der Waals surface area contributed by atoms with Gasteiger partial charge in [0, 0.05) is 16.3 Å². The van der Waals surface area contributed by atoms with Crippen LogP contribution in [0.1, 0.15) is 29.5 Å². The molecule has 0 aliphatic carbocycles. The first-order valence-electron chi connectivity index (χ1n) is 18.2. The number of furan rings is 1. The summed E-state index contributed by atoms with van der Waals surface area (Å²) in [5, 5.41) is 7.07. The van der Waals surface area contributed by atoms with Gasteiger partial charge in [-0.2, -0.15) is 0 Å². The molecule has 2 heterocycles. The first kappa shape index (κ1) is 30.9. The fourth-order valence-electron chi connectivity index (χ4n) is 7.86. The Bertz CT molecular complexity index is 2930. The largest absolute Gasteiger partial charge is 0.455 e. The monoisotopic (exact) mass is 678 g/mol. The summed E-state index contributed by atoms with van der Waals surface area (Å²) in [6.07, 6.45) is 3.82. The van der Waals surface area contributed by atoms with Crippen LogP contribution in [0.3, 0.4) is 0 Å². The highest BCUT2D eigenvalue weighted by molar-refractivity contribution is 6.21. The molecule has 0 radical (unpaired) electrons. The number of rotatable bonds is 5. The van der Waals surface area contributed by atoms with E-state index in [0.29, 0.717) is 5.84 Å². The molecule has 0 spiro atoms. The van der Waals surface area contributed by atoms with Crippen LogP contribution < -0.4 is 0 Å². The minimum atomic E-state index is 0.640. The molecule has 0 N–H and O–H groups in total. The predicted molar refractivity (Wildman–Crippen MR) is 223 cm³/mol. The van der Waals surface area contributed by atoms with Crippen molar-refractivity contribution in [3.05, 3.63) is 199 Å². The molecule has 0 saturated heterocycles. The van der Waals surface area contributed by atoms with Crippen molar-refractivity contribution in [2.45, 2.75) is 12.8 Å². The fraction of sp³-hybridized carbons (Fsp3) is 0.0400. The van der Waals surface area contributed by atoms with Crippen molar-refractivity contribution in [1.29, 1.82) is 0 Å². The van der Waals surface area contributed by atoms with Crippen LogP contribution in [0, 0.1) is 0 Å². The Kier molecular flexibility index (Phi) is 7.62. The maximum atomic E-state index is 6.56. The predicted octanol–water partition coefficient (Wildman–Crippen LogP) is 13.3. The summed E-state index contributed by atoms with van der Waals surface area (Å²) < 4.78 is 6.56. The molecular formula is C50H34N2O. The maximum Gasteiger partial charge on any atom is 0.163 e. The summed E-state index contributed by atoms with van der Waals surface area (Å²) >= 11 is 0. The van der Waals surface area contributed by atoms with E-state index in [9.17, 15) is 0 Å². The van der Waals surface area contributed by atoms with Gasteiger partial charge < -0.3 is 4.42 Å². The highest BCUT2D eigenvalue weighted by Gasteiger charge is 2.20. The second-order valence-corrected chi connectivity index (χ2v) is 13.6. The maximum absolute atomic E-state index is 6.56. The number of para-hydroxylation sites is 2. The van der Waals surface area contributed by atoms with Crippen molar-refractivity contribution in [2.75, 3.05) is 0 Å². The second kappa shape index (κ2) is 13.0. The molecule has 53 heavy (non-hydrogen) atoms. The topological polar surface area (TPSA) is 37.9 Å². The standard InChI is InChI=1S/C50H34N2O/c1-3-17-37-33(13-1)15-9-22-38(37)35-29-31-36(32-30-35)46-26-12-27-47(42-20-6-5-19-41(42)40-23-10-16-34-14-2-4-18-39(34)40)52-50(51-46)45-25-11-24-44-43-21-7-8-28-48(43)53-49(44)45/h1-11,13-26,28-32H,12,27H2/b46-26-,51-50-,52-47+. The number of hydrogen-bond acceptors (Lipinski definition) is 3. The van der Waals surface area contributed by atoms with Gasteiger partial charge in [-0.25, -0.2) is 9.98 Å². The van der Waals surface area contributed by atoms with Crippen LogP contribution in [0.5, 0.6) is 0 Å². The molecule has 250 valence electrons. The molecule has 0 bridgehead atoms. The summed E-state index contributed by atoms with van der Waals surface area (Å²) in [5.74, 6) is 0.640. The van der Waals surface area contributed by atoms with Crippen molar-refractivity contribution in [2.24, 2.45) is 9.98 Å². The van der Waals surface area contributed by atoms with Crippen LogP contribution in [0.25, 0.3) is 71.4 Å². The number of aliphatic imine (C=N–C) groups is 2. The van der Waals surface area contributed by atoms with E-state index in [1.54, 1.807) is 0 Å². The van der Waals surface area contributed by atoms with Gasteiger partial charge in [-0.15, -0.1) is 0 Å². The number of hydrogen-bond donors (Lipinski definition) is 0. The van der Waals surface area contributed by atoms with Crippen LogP contribution in [-0.2, 0) is 0 Å². The van der Waals surface area contributed by atoms with Crippen LogP contribution in [-0.4, -0.2) is 11.5 Å². The van der Waals surface area contributed by atoms with Crippen molar-refractivity contribution in [3.8, 4) is 22.3 Å². The summed E-state index contributed by atoms with van der Waals surface area (Å²) in [6, 6.07) is 62.1. The van der Waals surface area contributed by atoms with Crippen LogP contribution >= 0.6 is 0 Å². The van der Waals surface area contributed by atoms with E-state index in [1.165, 1.54) is 38.2 Å². The molecular weight excluding hydrogens is 645 g/mol. The zero-order chi connectivity index (χ0) is 35.1. The minimum absolute atomic E-state index is 0.640. The lowest BCUT2D eigenvalue weighted by atomic mass is 9.91. The number of amidine groups is 1. The van der Waals surface area contributed by atoms with Crippen LogP contribution in [0.4, 0.5) is 0 Å². The lowest BCUT2D eigenvalue weighted by Gasteiger charge is -2.17. The van der Waals surface area contributed by atoms with Gasteiger partial charge in [0.05, 0.1) is 17.0 Å². The molecule has 1 aliphatic rings. The lowest BCUT2D eigenvalue weighted by molar-refractivity contribution is 0.668. The molecule has 3 nitrogen and oxygen atoms in total. The van der Waals surface area contributed by atoms with Crippen molar-refractivity contribution < 1.29 is 4.42 Å². The smallest absolute Gasteiger partial charge is 0.163 e. The molecule has 1 aliphatic heterocycles. The lowest BCUT2D eigenvalue weighted by Crippen LogP contribution is -2.10. The third-order valence-electron chi connectivity index (χ3n) is 10.4. The van der Waals surface area contributed by atoms with E-state index in [-0.39, 0.29) is 0 Å². The normalized spacial score (nSPS) is 16.4. The first-order chi connectivity index (χ1) is 26.3. The molecule has 8 aromatic carbocycles. The molecule has 1 aromatic heterocycles. The Labute approximate surface area is 307 Å². The van der Waals surface area contributed by atoms with E-state index in [2.05, 4.69) is 170 Å². The summed E-state index contributed by atoms with van der Waals surface area (Å²) in [5.41, 5.74) is 11.4. The van der Waals surface area contributed by atoms with Gasteiger partial charge in [-0.05, 0) is 74.3 Å². The first-order valence-corrected chi connectivity index (χ1v) is 18.2. The highest BCUT2D eigenvalue weighted by atomic mass is 16.3. The summed E-state index contributed by atoms with van der Waals surface area (Å²) in [6.45, 7) is 0. The van der Waals surface area contributed by atoms with E-state index in [0.717, 1.165) is 68.4 Å². The third-order valence-corrected chi connectivity index (χ3v) is 10.4. The molecule has 0 saturated carbocycles. The SMILES string of the molecule is C1=C(c2ccc(-c3cccc4ccccc34)cc2)/N=C(c2cccc3c2oc2ccccc23)\N=C(\c2ccccc2-c2cccc3ccccc23)CC\1. The second-order valence-electron chi connectivity index (χ2n) is 13.6. The molecule has 3 heteroatoms. The van der Waals surface area contributed by atoms with Crippen molar-refractivity contribution in [1.82, 2.24) is 0 Å². The van der Waals surface area contributed by atoms with E-state index >= 15 is 0 Å². The molecule has 0 atom stereocenters. The van der Waals surface area contributed by atoms with Gasteiger partial charge in [0.1, 0.15) is 11.2 Å². The van der Waals surface area contributed by atoms with Crippen molar-refractivity contribution >= 4 is 60.7 Å². The fourth-order valence-corrected chi connectivity index (χ4v) is 7.86. The molecule has 0 amide bonds. The quantitative estimate of drug-likeness (QED) is 0.179. The molecule has 9 aromatic rings. The molecule has 0 unspecified atom stereocenters. The third kappa shape index (κ3) is 5.55. The number of allylic oxidation sites excluding steroid dienone is 1. The zero-order valence-corrected chi connectivity index (χ0v) is 29.0. The number of nitrogens with zero attached hydrogens (tertiary/aromatic N) is 2. The van der Waals surface area contributed by atoms with Gasteiger partial charge in [0.25, 0.3) is 0 Å². The van der Waals surface area contributed by atoms with E-state index in [1.807, 2.05) is 12.1 Å². The highest BCUT2D eigenvalue weighted by Crippen LogP contribution is 2.36. The number of fused-ring (bicyclic) bond motifs is 5. The Balaban J connectivity index is 1.13. The minimum Gasteiger partial charge on any atom is -0.455 e. The summed E-state index contributed by atoms with van der Waals surface area (Å²) in [4.78, 5) is 10.9. The molecule has 0 fully saturated rings. The van der Waals surface area contributed by atoms with E-state index < -0.39 is 0 Å². The van der Waals surface area contributed by atoms with Crippen LogP contribution in [0.2, 0.25) is 0 Å². The zero-order valence-electron chi connectivity index (χ0n) is 29.0. The van der Waals surface area contributed by atoms with Gasteiger partial charge in [-0.1, -0.05) is 170 Å². The number of benzene rings is 8. The Hall–Kier alpha value is -6.84. The Morgan fingerprint density at radius 1 is 0.396 bits per heavy atom. The average molecular weight is 679 g/mol. The van der Waals surface area contributed by atoms with Crippen LogP contribution in [0.15, 0.2) is 196 Å². The van der Waals surface area contributed by atoms with E-state index in [4.69, 9.17) is 14.4 Å². The van der Waals surface area contributed by atoms with Crippen molar-refractivity contribution in [3.63, 3.8) is 0 Å². The summed E-state index contributed by atoms with van der Waals surface area (Å²) in [7, 11) is 0. The average Bonchev–Trinajstić information content (AvgIpc) is 3.60. The van der Waals surface area contributed by atoms with Gasteiger partial charge in [0.15, 0.2) is 5.84 Å². The molecule has 10 rings (SSSR count). The van der Waals surface area contributed by atoms with Gasteiger partial charge in [0.2, 0.25) is 0 Å². The van der Waals surface area contributed by atoms with Gasteiger partial charge >= 0.3 is 0 Å². The Morgan fingerprint density at radius 3 is 1.74 bits per heavy atom. The Morgan fingerprint density at radius 2 is 0.943 bits per heavy atom.